The fraction of sp³-hybridized carbons (Fsp3) is 0.167. The number of thiazole rings is 1. The van der Waals surface area contributed by atoms with E-state index in [1.165, 1.54) is 11.3 Å². The lowest BCUT2D eigenvalue weighted by Gasteiger charge is -2.19. The fourth-order valence-electron chi connectivity index (χ4n) is 2.37. The normalized spacial score (nSPS) is 10.7. The molecule has 0 unspecified atom stereocenters. The van der Waals surface area contributed by atoms with Crippen molar-refractivity contribution in [1.82, 2.24) is 9.97 Å². The molecular formula is C18H15Cl2N3OS. The molecule has 0 atom stereocenters. The third-order valence-corrected chi connectivity index (χ3v) is 4.96. The highest BCUT2D eigenvalue weighted by Crippen LogP contribution is 2.33. The molecule has 0 aliphatic rings. The molecular weight excluding hydrogens is 377 g/mol. The van der Waals surface area contributed by atoms with Gasteiger partial charge in [0.05, 0.1) is 10.7 Å². The Morgan fingerprint density at radius 3 is 2.64 bits per heavy atom. The molecule has 3 rings (SSSR count). The van der Waals surface area contributed by atoms with E-state index in [9.17, 15) is 4.79 Å². The van der Waals surface area contributed by atoms with Crippen molar-refractivity contribution in [2.75, 3.05) is 11.4 Å². The van der Waals surface area contributed by atoms with Crippen LogP contribution < -0.4 is 4.90 Å². The van der Waals surface area contributed by atoms with Crippen molar-refractivity contribution in [2.24, 2.45) is 0 Å². The first-order valence-corrected chi connectivity index (χ1v) is 9.36. The molecule has 1 aromatic carbocycles. The van der Waals surface area contributed by atoms with Gasteiger partial charge in [-0.1, -0.05) is 30.1 Å². The first-order chi connectivity index (χ1) is 12.1. The zero-order chi connectivity index (χ0) is 17.8. The second-order valence-corrected chi connectivity index (χ2v) is 7.01. The Hall–Kier alpha value is -1.95. The molecule has 0 N–H and O–H groups in total. The maximum absolute atomic E-state index is 12.8. The van der Waals surface area contributed by atoms with Crippen molar-refractivity contribution in [2.45, 2.75) is 13.3 Å². The summed E-state index contributed by atoms with van der Waals surface area (Å²) in [5.74, 6) is -0.0904. The van der Waals surface area contributed by atoms with Crippen LogP contribution in [0.3, 0.4) is 0 Å². The summed E-state index contributed by atoms with van der Waals surface area (Å²) in [6, 6.07) is 8.70. The van der Waals surface area contributed by atoms with E-state index in [1.807, 2.05) is 18.4 Å². The number of rotatable bonds is 5. The molecule has 0 radical (unpaired) electrons. The van der Waals surface area contributed by atoms with Crippen LogP contribution >= 0.6 is 34.5 Å². The Balaban J connectivity index is 1.93. The van der Waals surface area contributed by atoms with E-state index in [0.717, 1.165) is 17.7 Å². The minimum Gasteiger partial charge on any atom is -0.284 e. The van der Waals surface area contributed by atoms with Gasteiger partial charge >= 0.3 is 0 Å². The maximum atomic E-state index is 12.8. The monoisotopic (exact) mass is 391 g/mol. The van der Waals surface area contributed by atoms with Crippen molar-refractivity contribution in [3.05, 3.63) is 63.7 Å². The summed E-state index contributed by atoms with van der Waals surface area (Å²) >= 11 is 13.6. The van der Waals surface area contributed by atoms with Crippen LogP contribution in [0.15, 0.2) is 48.1 Å². The lowest BCUT2D eigenvalue weighted by molar-refractivity contribution is 0.0987. The van der Waals surface area contributed by atoms with Crippen LogP contribution in [0, 0.1) is 0 Å². The van der Waals surface area contributed by atoms with Gasteiger partial charge in [-0.15, -0.1) is 11.3 Å². The van der Waals surface area contributed by atoms with Gasteiger partial charge in [-0.3, -0.25) is 14.7 Å². The number of benzene rings is 1. The van der Waals surface area contributed by atoms with Gasteiger partial charge in [0.15, 0.2) is 5.13 Å². The van der Waals surface area contributed by atoms with Crippen molar-refractivity contribution in [1.29, 1.82) is 0 Å². The van der Waals surface area contributed by atoms with E-state index in [1.54, 1.807) is 41.6 Å². The summed E-state index contributed by atoms with van der Waals surface area (Å²) in [6.07, 6.45) is 4.05. The van der Waals surface area contributed by atoms with Crippen LogP contribution in [0.2, 0.25) is 10.0 Å². The zero-order valence-corrected chi connectivity index (χ0v) is 15.8. The predicted molar refractivity (Wildman–Crippen MR) is 104 cm³/mol. The van der Waals surface area contributed by atoms with Gasteiger partial charge in [0.1, 0.15) is 0 Å². The molecule has 0 aliphatic carbocycles. The van der Waals surface area contributed by atoms with Gasteiger partial charge in [0, 0.05) is 40.5 Å². The van der Waals surface area contributed by atoms with Gasteiger partial charge in [0.25, 0.3) is 5.91 Å². The number of carbonyl (C=O) groups excluding carboxylic acids is 1. The molecule has 4 nitrogen and oxygen atoms in total. The first kappa shape index (κ1) is 17.9. The topological polar surface area (TPSA) is 46.1 Å². The van der Waals surface area contributed by atoms with E-state index in [0.29, 0.717) is 27.3 Å². The van der Waals surface area contributed by atoms with E-state index >= 15 is 0 Å². The van der Waals surface area contributed by atoms with Crippen LogP contribution in [0.4, 0.5) is 5.13 Å². The smallest absolute Gasteiger partial charge is 0.260 e. The molecule has 128 valence electrons. The van der Waals surface area contributed by atoms with Crippen LogP contribution in [-0.4, -0.2) is 22.4 Å². The number of carbonyl (C=O) groups is 1. The molecule has 0 spiro atoms. The number of amides is 1. The molecule has 2 aromatic heterocycles. The second-order valence-electron chi connectivity index (χ2n) is 5.33. The lowest BCUT2D eigenvalue weighted by Crippen LogP contribution is -2.31. The zero-order valence-electron chi connectivity index (χ0n) is 13.4. The molecule has 1 amide bonds. The SMILES string of the molecule is CCCN(C(=O)c1ccncc1)c1nc(-c2ccc(Cl)cc2Cl)cs1. The minimum atomic E-state index is -0.0904. The van der Waals surface area contributed by atoms with Crippen molar-refractivity contribution in [3.8, 4) is 11.3 Å². The van der Waals surface area contributed by atoms with E-state index in [-0.39, 0.29) is 5.91 Å². The minimum absolute atomic E-state index is 0.0904. The Labute approximate surface area is 160 Å². The summed E-state index contributed by atoms with van der Waals surface area (Å²) in [5.41, 5.74) is 2.11. The van der Waals surface area contributed by atoms with Crippen LogP contribution in [-0.2, 0) is 0 Å². The number of pyridine rings is 1. The number of aromatic nitrogens is 2. The summed E-state index contributed by atoms with van der Waals surface area (Å²) in [4.78, 5) is 23.1. The van der Waals surface area contributed by atoms with Crippen LogP contribution in [0.1, 0.15) is 23.7 Å². The molecule has 7 heteroatoms. The Morgan fingerprint density at radius 1 is 1.20 bits per heavy atom. The number of nitrogens with zero attached hydrogens (tertiary/aromatic N) is 3. The summed E-state index contributed by atoms with van der Waals surface area (Å²) in [6.45, 7) is 2.61. The highest BCUT2D eigenvalue weighted by Gasteiger charge is 2.20. The molecule has 0 aliphatic heterocycles. The largest absolute Gasteiger partial charge is 0.284 e. The lowest BCUT2D eigenvalue weighted by atomic mass is 10.2. The predicted octanol–water partition coefficient (Wildman–Crippen LogP) is 5.57. The first-order valence-electron chi connectivity index (χ1n) is 7.73. The van der Waals surface area contributed by atoms with Gasteiger partial charge in [-0.25, -0.2) is 4.98 Å². The number of hydrogen-bond acceptors (Lipinski definition) is 4. The Morgan fingerprint density at radius 2 is 1.96 bits per heavy atom. The van der Waals surface area contributed by atoms with Crippen molar-refractivity contribution < 1.29 is 4.79 Å². The van der Waals surface area contributed by atoms with E-state index < -0.39 is 0 Å². The van der Waals surface area contributed by atoms with Crippen molar-refractivity contribution >= 4 is 45.6 Å². The highest BCUT2D eigenvalue weighted by molar-refractivity contribution is 7.14. The average Bonchev–Trinajstić information content (AvgIpc) is 3.09. The highest BCUT2D eigenvalue weighted by atomic mass is 35.5. The van der Waals surface area contributed by atoms with Crippen LogP contribution in [0.5, 0.6) is 0 Å². The molecule has 0 saturated carbocycles. The molecule has 2 heterocycles. The van der Waals surface area contributed by atoms with Gasteiger partial charge in [-0.2, -0.15) is 0 Å². The average molecular weight is 392 g/mol. The maximum Gasteiger partial charge on any atom is 0.260 e. The summed E-state index contributed by atoms with van der Waals surface area (Å²) in [5, 5.41) is 3.65. The van der Waals surface area contributed by atoms with E-state index in [4.69, 9.17) is 23.2 Å². The standard InChI is InChI=1S/C18H15Cl2N3OS/c1-2-9-23(17(24)12-5-7-21-8-6-12)18-22-16(11-25-18)14-4-3-13(19)10-15(14)20/h3-8,10-11H,2,9H2,1H3. The number of halogens is 2. The fourth-order valence-corrected chi connectivity index (χ4v) is 3.72. The van der Waals surface area contributed by atoms with E-state index in [2.05, 4.69) is 9.97 Å². The second kappa shape index (κ2) is 7.95. The molecule has 25 heavy (non-hydrogen) atoms. The molecule has 3 aromatic rings. The molecule has 0 fully saturated rings. The quantitative estimate of drug-likeness (QED) is 0.570. The number of hydrogen-bond donors (Lipinski definition) is 0. The number of anilines is 1. The van der Waals surface area contributed by atoms with Crippen molar-refractivity contribution in [3.63, 3.8) is 0 Å². The molecule has 0 bridgehead atoms. The van der Waals surface area contributed by atoms with Crippen LogP contribution in [0.25, 0.3) is 11.3 Å². The Kier molecular flexibility index (Phi) is 5.68. The van der Waals surface area contributed by atoms with Gasteiger partial charge in [0.2, 0.25) is 0 Å². The summed E-state index contributed by atoms with van der Waals surface area (Å²) < 4.78 is 0. The van der Waals surface area contributed by atoms with Gasteiger partial charge < -0.3 is 0 Å². The third kappa shape index (κ3) is 4.00. The summed E-state index contributed by atoms with van der Waals surface area (Å²) in [7, 11) is 0. The third-order valence-electron chi connectivity index (χ3n) is 3.55. The Bertz CT molecular complexity index is 883. The molecule has 0 saturated heterocycles. The van der Waals surface area contributed by atoms with Gasteiger partial charge in [-0.05, 0) is 36.8 Å².